The van der Waals surface area contributed by atoms with Crippen LogP contribution in [0.15, 0.2) is 47.3 Å². The van der Waals surface area contributed by atoms with Crippen LogP contribution in [0.5, 0.6) is 5.75 Å². The molecule has 2 heterocycles. The van der Waals surface area contributed by atoms with Gasteiger partial charge in [0.05, 0.1) is 18.3 Å². The molecule has 128 valence electrons. The lowest BCUT2D eigenvalue weighted by Gasteiger charge is -2.37. The van der Waals surface area contributed by atoms with E-state index in [-0.39, 0.29) is 23.5 Å². The number of nitrogens with one attached hydrogen (secondary N) is 1. The van der Waals surface area contributed by atoms with Crippen LogP contribution in [0.1, 0.15) is 16.8 Å². The highest BCUT2D eigenvalue weighted by atomic mass is 19.4. The van der Waals surface area contributed by atoms with Crippen molar-refractivity contribution in [2.24, 2.45) is 0 Å². The van der Waals surface area contributed by atoms with E-state index in [0.717, 1.165) is 12.5 Å². The normalized spacial score (nSPS) is 17.8. The van der Waals surface area contributed by atoms with Gasteiger partial charge in [0.15, 0.2) is 5.78 Å². The summed E-state index contributed by atoms with van der Waals surface area (Å²) in [6.45, 7) is 1.33. The Hall–Kier alpha value is -2.44. The Bertz CT molecular complexity index is 706. The lowest BCUT2D eigenvalue weighted by atomic mass is 9.92. The molecule has 0 unspecified atom stereocenters. The fraction of sp³-hybridized carbons (Fsp3) is 0.353. The Morgan fingerprint density at radius 2 is 1.96 bits per heavy atom. The average molecular weight is 338 g/mol. The van der Waals surface area contributed by atoms with Crippen LogP contribution in [0.4, 0.5) is 13.2 Å². The van der Waals surface area contributed by atoms with E-state index in [0.29, 0.717) is 18.8 Å². The van der Waals surface area contributed by atoms with Gasteiger partial charge in [-0.1, -0.05) is 6.08 Å². The molecule has 0 aliphatic carbocycles. The van der Waals surface area contributed by atoms with E-state index in [1.54, 1.807) is 17.0 Å². The zero-order valence-corrected chi connectivity index (χ0v) is 13.1. The second-order valence-electron chi connectivity index (χ2n) is 5.62. The molecule has 0 spiro atoms. The fourth-order valence-electron chi connectivity index (χ4n) is 2.93. The highest BCUT2D eigenvalue weighted by Gasteiger charge is 2.43. The van der Waals surface area contributed by atoms with Gasteiger partial charge in [-0.05, 0) is 30.7 Å². The number of carbonyl (C=O) groups is 1. The first kappa shape index (κ1) is 16.4. The minimum Gasteiger partial charge on any atom is -0.497 e. The van der Waals surface area contributed by atoms with E-state index in [9.17, 15) is 18.0 Å². The molecule has 2 aliphatic rings. The second kappa shape index (κ2) is 6.22. The number of methoxy groups -OCH3 is 1. The number of rotatable bonds is 3. The summed E-state index contributed by atoms with van der Waals surface area (Å²) >= 11 is 0. The minimum atomic E-state index is -4.57. The van der Waals surface area contributed by atoms with Crippen molar-refractivity contribution in [2.45, 2.75) is 12.6 Å². The molecule has 0 saturated carbocycles. The SMILES string of the molecule is COc1ccc(C(=O)C2=C3NCCCN3CC=C2C(F)(F)F)cc1. The summed E-state index contributed by atoms with van der Waals surface area (Å²) in [5.41, 5.74) is -0.981. The van der Waals surface area contributed by atoms with E-state index < -0.39 is 17.5 Å². The summed E-state index contributed by atoms with van der Waals surface area (Å²) in [5, 5.41) is 2.97. The highest BCUT2D eigenvalue weighted by Crippen LogP contribution is 2.37. The number of hydrogen-bond donors (Lipinski definition) is 1. The van der Waals surface area contributed by atoms with Crippen molar-refractivity contribution in [3.63, 3.8) is 0 Å². The van der Waals surface area contributed by atoms with Crippen LogP contribution in [0.2, 0.25) is 0 Å². The molecule has 0 bridgehead atoms. The summed E-state index contributed by atoms with van der Waals surface area (Å²) < 4.78 is 45.3. The number of fused-ring (bicyclic) bond motifs is 1. The number of alkyl halides is 3. The first-order valence-electron chi connectivity index (χ1n) is 7.61. The molecule has 1 N–H and O–H groups in total. The third-order valence-corrected chi connectivity index (χ3v) is 4.12. The third kappa shape index (κ3) is 2.98. The molecule has 0 amide bonds. The first-order chi connectivity index (χ1) is 11.4. The van der Waals surface area contributed by atoms with Crippen LogP contribution in [0, 0.1) is 0 Å². The van der Waals surface area contributed by atoms with E-state index in [1.807, 2.05) is 0 Å². The molecule has 1 saturated heterocycles. The van der Waals surface area contributed by atoms with Crippen molar-refractivity contribution in [2.75, 3.05) is 26.7 Å². The predicted octanol–water partition coefficient (Wildman–Crippen LogP) is 2.89. The predicted molar refractivity (Wildman–Crippen MR) is 82.7 cm³/mol. The maximum atomic E-state index is 13.4. The lowest BCUT2D eigenvalue weighted by Crippen LogP contribution is -2.44. The number of allylic oxidation sites excluding steroid dienone is 2. The van der Waals surface area contributed by atoms with Gasteiger partial charge in [0.2, 0.25) is 0 Å². The quantitative estimate of drug-likeness (QED) is 0.861. The van der Waals surface area contributed by atoms with E-state index in [4.69, 9.17) is 4.74 Å². The Morgan fingerprint density at radius 1 is 1.25 bits per heavy atom. The molecule has 0 radical (unpaired) electrons. The van der Waals surface area contributed by atoms with Crippen LogP contribution in [0.25, 0.3) is 0 Å². The van der Waals surface area contributed by atoms with Gasteiger partial charge in [0.1, 0.15) is 11.6 Å². The number of Topliss-reactive ketones (excluding diaryl/α,β-unsaturated/α-hetero) is 1. The van der Waals surface area contributed by atoms with Gasteiger partial charge in [-0.2, -0.15) is 13.2 Å². The summed E-state index contributed by atoms with van der Waals surface area (Å²) in [4.78, 5) is 14.6. The molecule has 0 atom stereocenters. The molecule has 0 aromatic heterocycles. The summed E-state index contributed by atoms with van der Waals surface area (Å²) in [6, 6.07) is 6.07. The zero-order valence-electron chi connectivity index (χ0n) is 13.1. The van der Waals surface area contributed by atoms with Gasteiger partial charge < -0.3 is 15.0 Å². The number of carbonyl (C=O) groups excluding carboxylic acids is 1. The average Bonchev–Trinajstić information content (AvgIpc) is 2.59. The number of hydrogen-bond acceptors (Lipinski definition) is 4. The van der Waals surface area contributed by atoms with Gasteiger partial charge >= 0.3 is 6.18 Å². The van der Waals surface area contributed by atoms with Crippen molar-refractivity contribution in [1.29, 1.82) is 0 Å². The molecule has 4 nitrogen and oxygen atoms in total. The summed E-state index contributed by atoms with van der Waals surface area (Å²) in [7, 11) is 1.48. The van der Waals surface area contributed by atoms with Gasteiger partial charge in [-0.15, -0.1) is 0 Å². The Morgan fingerprint density at radius 3 is 2.58 bits per heavy atom. The number of benzene rings is 1. The monoisotopic (exact) mass is 338 g/mol. The van der Waals surface area contributed by atoms with Crippen LogP contribution in [0.3, 0.4) is 0 Å². The minimum absolute atomic E-state index is 0.149. The third-order valence-electron chi connectivity index (χ3n) is 4.12. The standard InChI is InChI=1S/C17H17F3N2O2/c1-24-12-5-3-11(4-6-12)15(23)14-13(17(18,19)20)7-10-22-9-2-8-21-16(14)22/h3-7,21H,2,8-10H2,1H3. The number of halogens is 3. The van der Waals surface area contributed by atoms with Crippen molar-refractivity contribution >= 4 is 5.78 Å². The van der Waals surface area contributed by atoms with Crippen molar-refractivity contribution in [1.82, 2.24) is 10.2 Å². The lowest BCUT2D eigenvalue weighted by molar-refractivity contribution is -0.0902. The van der Waals surface area contributed by atoms with Gasteiger partial charge in [0, 0.05) is 25.2 Å². The van der Waals surface area contributed by atoms with Crippen LogP contribution < -0.4 is 10.1 Å². The van der Waals surface area contributed by atoms with Crippen molar-refractivity contribution in [3.8, 4) is 5.75 Å². The molecule has 3 rings (SSSR count). The molecule has 1 aromatic rings. The van der Waals surface area contributed by atoms with Crippen LogP contribution in [-0.2, 0) is 0 Å². The van der Waals surface area contributed by atoms with Gasteiger partial charge in [-0.25, -0.2) is 0 Å². The van der Waals surface area contributed by atoms with Crippen molar-refractivity contribution in [3.05, 3.63) is 52.9 Å². The number of nitrogens with zero attached hydrogens (tertiary/aromatic N) is 1. The molecule has 2 aliphatic heterocycles. The number of ether oxygens (including phenoxy) is 1. The summed E-state index contributed by atoms with van der Waals surface area (Å²) in [6.07, 6.45) is -2.66. The topological polar surface area (TPSA) is 41.6 Å². The number of ketones is 1. The maximum Gasteiger partial charge on any atom is 0.417 e. The van der Waals surface area contributed by atoms with Gasteiger partial charge in [-0.3, -0.25) is 4.79 Å². The van der Waals surface area contributed by atoms with Gasteiger partial charge in [0.25, 0.3) is 0 Å². The first-order valence-corrected chi connectivity index (χ1v) is 7.61. The molecule has 1 fully saturated rings. The molecular weight excluding hydrogens is 321 g/mol. The smallest absolute Gasteiger partial charge is 0.417 e. The van der Waals surface area contributed by atoms with Crippen LogP contribution in [-0.4, -0.2) is 43.6 Å². The fourth-order valence-corrected chi connectivity index (χ4v) is 2.93. The Kier molecular flexibility index (Phi) is 4.26. The van der Waals surface area contributed by atoms with Crippen LogP contribution >= 0.6 is 0 Å². The zero-order chi connectivity index (χ0) is 17.3. The van der Waals surface area contributed by atoms with E-state index >= 15 is 0 Å². The highest BCUT2D eigenvalue weighted by molar-refractivity contribution is 6.12. The maximum absolute atomic E-state index is 13.4. The Labute approximate surface area is 137 Å². The largest absolute Gasteiger partial charge is 0.497 e. The Balaban J connectivity index is 2.05. The van der Waals surface area contributed by atoms with Crippen molar-refractivity contribution < 1.29 is 22.7 Å². The summed E-state index contributed by atoms with van der Waals surface area (Å²) in [5.74, 6) is 0.170. The molecule has 24 heavy (non-hydrogen) atoms. The molecular formula is C17H17F3N2O2. The van der Waals surface area contributed by atoms with E-state index in [2.05, 4.69) is 5.32 Å². The second-order valence-corrected chi connectivity index (χ2v) is 5.62. The molecule has 1 aromatic carbocycles. The molecule has 7 heteroatoms. The van der Waals surface area contributed by atoms with E-state index in [1.165, 1.54) is 19.2 Å².